The van der Waals surface area contributed by atoms with Crippen molar-refractivity contribution in [2.45, 2.75) is 24.8 Å². The number of carbonyl (C=O) groups excluding carboxylic acids is 1. The first-order chi connectivity index (χ1) is 8.94. The fourth-order valence-electron chi connectivity index (χ4n) is 1.89. The van der Waals surface area contributed by atoms with E-state index in [9.17, 15) is 18.4 Å². The van der Waals surface area contributed by atoms with Crippen LogP contribution in [0.3, 0.4) is 0 Å². The molecule has 0 unspecified atom stereocenters. The van der Waals surface area contributed by atoms with E-state index in [0.717, 1.165) is 6.07 Å². The number of nitrogens with one attached hydrogen (secondary N) is 2. The van der Waals surface area contributed by atoms with Gasteiger partial charge >= 0.3 is 12.0 Å². The van der Waals surface area contributed by atoms with Gasteiger partial charge in [-0.25, -0.2) is 18.4 Å². The van der Waals surface area contributed by atoms with Crippen molar-refractivity contribution >= 4 is 17.7 Å². The fraction of sp³-hybridized carbons (Fsp3) is 0.333. The molecule has 0 saturated heterocycles. The quantitative estimate of drug-likeness (QED) is 0.787. The van der Waals surface area contributed by atoms with Crippen LogP contribution < -0.4 is 10.6 Å². The highest BCUT2D eigenvalue weighted by Crippen LogP contribution is 2.32. The maximum absolute atomic E-state index is 13.3. The van der Waals surface area contributed by atoms with Crippen LogP contribution >= 0.6 is 0 Å². The minimum absolute atomic E-state index is 0.321. The molecule has 1 aromatic carbocycles. The summed E-state index contributed by atoms with van der Waals surface area (Å²) in [4.78, 5) is 22.7. The Labute approximate surface area is 107 Å². The molecule has 1 fully saturated rings. The van der Waals surface area contributed by atoms with E-state index in [1.54, 1.807) is 0 Å². The molecule has 2 rings (SSSR count). The van der Waals surface area contributed by atoms with Crippen LogP contribution in [0.1, 0.15) is 19.3 Å². The maximum Gasteiger partial charge on any atom is 0.329 e. The van der Waals surface area contributed by atoms with Crippen molar-refractivity contribution in [2.75, 3.05) is 5.32 Å². The fourth-order valence-corrected chi connectivity index (χ4v) is 1.89. The predicted molar refractivity (Wildman–Crippen MR) is 62.7 cm³/mol. The number of halogens is 2. The molecule has 2 amide bonds. The molecule has 5 nitrogen and oxygen atoms in total. The van der Waals surface area contributed by atoms with Crippen LogP contribution in [-0.4, -0.2) is 22.6 Å². The summed E-state index contributed by atoms with van der Waals surface area (Å²) >= 11 is 0. The summed E-state index contributed by atoms with van der Waals surface area (Å²) in [5, 5.41) is 13.4. The molecule has 7 heteroatoms. The number of hydrogen-bond donors (Lipinski definition) is 3. The number of carboxylic acid groups (broad SMARTS) is 1. The second-order valence-electron chi connectivity index (χ2n) is 4.42. The third-order valence-electron chi connectivity index (χ3n) is 3.17. The second kappa shape index (κ2) is 4.83. The summed E-state index contributed by atoms with van der Waals surface area (Å²) in [6.45, 7) is 0. The number of aliphatic carboxylic acids is 1. The zero-order chi connectivity index (χ0) is 14.0. The van der Waals surface area contributed by atoms with E-state index in [4.69, 9.17) is 5.11 Å². The number of hydrogen-bond acceptors (Lipinski definition) is 2. The lowest BCUT2D eigenvalue weighted by atomic mass is 9.77. The molecule has 0 aliphatic heterocycles. The minimum Gasteiger partial charge on any atom is -0.480 e. The topological polar surface area (TPSA) is 78.4 Å². The van der Waals surface area contributed by atoms with E-state index in [1.165, 1.54) is 12.1 Å². The van der Waals surface area contributed by atoms with E-state index in [2.05, 4.69) is 10.6 Å². The molecule has 0 spiro atoms. The summed E-state index contributed by atoms with van der Waals surface area (Å²) in [5.41, 5.74) is -1.63. The lowest BCUT2D eigenvalue weighted by Gasteiger charge is -2.38. The number of anilines is 1. The van der Waals surface area contributed by atoms with Crippen LogP contribution in [0.4, 0.5) is 19.3 Å². The lowest BCUT2D eigenvalue weighted by Crippen LogP contribution is -2.60. The molecule has 0 atom stereocenters. The average Bonchev–Trinajstić information content (AvgIpc) is 2.29. The third kappa shape index (κ3) is 2.49. The molecule has 0 aromatic heterocycles. The van der Waals surface area contributed by atoms with Gasteiger partial charge in [0.1, 0.15) is 5.54 Å². The largest absolute Gasteiger partial charge is 0.480 e. The van der Waals surface area contributed by atoms with Gasteiger partial charge in [0.15, 0.2) is 11.6 Å². The van der Waals surface area contributed by atoms with Crippen LogP contribution in [0.25, 0.3) is 0 Å². The van der Waals surface area contributed by atoms with Crippen LogP contribution in [0.2, 0.25) is 0 Å². The Morgan fingerprint density at radius 1 is 1.26 bits per heavy atom. The predicted octanol–water partition coefficient (Wildman–Crippen LogP) is 2.09. The number of rotatable bonds is 3. The highest BCUT2D eigenvalue weighted by atomic mass is 19.2. The summed E-state index contributed by atoms with van der Waals surface area (Å²) in [7, 11) is 0. The Hall–Kier alpha value is -2.18. The Kier molecular flexibility index (Phi) is 3.37. The molecular formula is C12H12F2N2O3. The van der Waals surface area contributed by atoms with Crippen LogP contribution in [0.5, 0.6) is 0 Å². The van der Waals surface area contributed by atoms with Crippen molar-refractivity contribution in [3.8, 4) is 0 Å². The van der Waals surface area contributed by atoms with Crippen molar-refractivity contribution in [2.24, 2.45) is 0 Å². The molecule has 0 bridgehead atoms. The Balaban J connectivity index is 2.06. The summed E-state index contributed by atoms with van der Waals surface area (Å²) < 4.78 is 26.2. The first kappa shape index (κ1) is 13.3. The van der Waals surface area contributed by atoms with Crippen molar-refractivity contribution in [1.82, 2.24) is 5.32 Å². The molecule has 19 heavy (non-hydrogen) atoms. The van der Waals surface area contributed by atoms with Crippen LogP contribution in [-0.2, 0) is 4.79 Å². The minimum atomic E-state index is -1.30. The highest BCUT2D eigenvalue weighted by molar-refractivity contribution is 5.94. The smallest absolute Gasteiger partial charge is 0.329 e. The monoisotopic (exact) mass is 270 g/mol. The summed E-state index contributed by atoms with van der Waals surface area (Å²) in [5.74, 6) is -3.40. The van der Waals surface area contributed by atoms with E-state index < -0.39 is 29.2 Å². The van der Waals surface area contributed by atoms with Crippen molar-refractivity contribution in [3.05, 3.63) is 29.8 Å². The van der Waals surface area contributed by atoms with Gasteiger partial charge in [-0.15, -0.1) is 0 Å². The molecule has 0 heterocycles. The standard InChI is InChI=1S/C12H12F2N2O3/c13-7-3-1-4-8(9(7)14)15-11(19)16-12(10(17)18)5-2-6-12/h1,3-4H,2,5-6H2,(H,17,18)(H2,15,16,19). The molecule has 3 N–H and O–H groups in total. The van der Waals surface area contributed by atoms with Gasteiger partial charge in [-0.05, 0) is 31.4 Å². The van der Waals surface area contributed by atoms with Gasteiger partial charge in [0.2, 0.25) is 0 Å². The summed E-state index contributed by atoms with van der Waals surface area (Å²) in [6.07, 6.45) is 1.34. The van der Waals surface area contributed by atoms with Gasteiger partial charge in [-0.2, -0.15) is 0 Å². The number of urea groups is 1. The Morgan fingerprint density at radius 3 is 2.47 bits per heavy atom. The normalized spacial score (nSPS) is 16.3. The van der Waals surface area contributed by atoms with Crippen molar-refractivity contribution in [1.29, 1.82) is 0 Å². The van der Waals surface area contributed by atoms with Gasteiger partial charge < -0.3 is 15.7 Å². The molecule has 1 saturated carbocycles. The van der Waals surface area contributed by atoms with Gasteiger partial charge in [-0.3, -0.25) is 0 Å². The third-order valence-corrected chi connectivity index (χ3v) is 3.17. The zero-order valence-electron chi connectivity index (χ0n) is 9.87. The average molecular weight is 270 g/mol. The van der Waals surface area contributed by atoms with E-state index in [-0.39, 0.29) is 5.69 Å². The molecule has 102 valence electrons. The van der Waals surface area contributed by atoms with Gasteiger partial charge in [0, 0.05) is 0 Å². The van der Waals surface area contributed by atoms with Crippen molar-refractivity contribution in [3.63, 3.8) is 0 Å². The number of benzene rings is 1. The number of carboxylic acids is 1. The Bertz CT molecular complexity index is 530. The summed E-state index contributed by atoms with van der Waals surface area (Å²) in [6, 6.07) is 2.48. The van der Waals surface area contributed by atoms with E-state index in [1.807, 2.05) is 0 Å². The number of amides is 2. The molecule has 1 aliphatic carbocycles. The number of carbonyl (C=O) groups is 2. The van der Waals surface area contributed by atoms with Gasteiger partial charge in [0.25, 0.3) is 0 Å². The molecule has 1 aliphatic rings. The van der Waals surface area contributed by atoms with Crippen LogP contribution in [0, 0.1) is 11.6 Å². The van der Waals surface area contributed by atoms with E-state index in [0.29, 0.717) is 19.3 Å². The highest BCUT2D eigenvalue weighted by Gasteiger charge is 2.45. The lowest BCUT2D eigenvalue weighted by molar-refractivity contribution is -0.148. The zero-order valence-corrected chi connectivity index (χ0v) is 9.87. The second-order valence-corrected chi connectivity index (χ2v) is 4.42. The first-order valence-corrected chi connectivity index (χ1v) is 5.71. The maximum atomic E-state index is 13.3. The van der Waals surface area contributed by atoms with Gasteiger partial charge in [0.05, 0.1) is 5.69 Å². The molecular weight excluding hydrogens is 258 g/mol. The first-order valence-electron chi connectivity index (χ1n) is 5.71. The van der Waals surface area contributed by atoms with Gasteiger partial charge in [-0.1, -0.05) is 6.07 Å². The van der Waals surface area contributed by atoms with E-state index >= 15 is 0 Å². The van der Waals surface area contributed by atoms with Crippen molar-refractivity contribution < 1.29 is 23.5 Å². The SMILES string of the molecule is O=C(Nc1cccc(F)c1F)NC1(C(=O)O)CCC1. The van der Waals surface area contributed by atoms with Crippen LogP contribution in [0.15, 0.2) is 18.2 Å². The Morgan fingerprint density at radius 2 is 1.95 bits per heavy atom. The molecule has 1 aromatic rings. The molecule has 0 radical (unpaired) electrons.